The molecular weight excluding hydrogens is 304 g/mol. The third-order valence-electron chi connectivity index (χ3n) is 5.65. The van der Waals surface area contributed by atoms with Crippen LogP contribution < -0.4 is 0 Å². The zero-order chi connectivity index (χ0) is 18.5. The predicted molar refractivity (Wildman–Crippen MR) is 101 cm³/mol. The van der Waals surface area contributed by atoms with E-state index in [0.29, 0.717) is 0 Å². The average Bonchev–Trinajstić information content (AvgIpc) is 2.36. The Morgan fingerprint density at radius 2 is 1.00 bits per heavy atom. The van der Waals surface area contributed by atoms with Crippen LogP contribution in [0.25, 0.3) is 0 Å². The molecule has 0 aliphatic rings. The third kappa shape index (κ3) is 3.35. The van der Waals surface area contributed by atoms with Gasteiger partial charge in [-0.1, -0.05) is 58.9 Å². The van der Waals surface area contributed by atoms with E-state index >= 15 is 0 Å². The second kappa shape index (κ2) is 5.61. The lowest BCUT2D eigenvalue weighted by Crippen LogP contribution is -2.42. The van der Waals surface area contributed by atoms with Crippen molar-refractivity contribution >= 4 is 9.84 Å². The first kappa shape index (κ1) is 20.2. The fourth-order valence-corrected chi connectivity index (χ4v) is 4.62. The van der Waals surface area contributed by atoms with Gasteiger partial charge in [-0.05, 0) is 56.6 Å². The molecule has 0 aliphatic heterocycles. The molecule has 0 aromatic heterocycles. The van der Waals surface area contributed by atoms with Gasteiger partial charge in [-0.15, -0.1) is 0 Å². The maximum atomic E-state index is 12.9. The van der Waals surface area contributed by atoms with E-state index in [1.807, 2.05) is 12.1 Å². The van der Waals surface area contributed by atoms with Crippen molar-refractivity contribution in [3.63, 3.8) is 0 Å². The van der Waals surface area contributed by atoms with Gasteiger partial charge in [-0.25, -0.2) is 8.42 Å². The van der Waals surface area contributed by atoms with Crippen molar-refractivity contribution in [3.8, 4) is 0 Å². The summed E-state index contributed by atoms with van der Waals surface area (Å²) < 4.78 is 24.1. The number of benzene rings is 1. The molecule has 1 aromatic rings. The Bertz CT molecular complexity index is 649. The van der Waals surface area contributed by atoms with Gasteiger partial charge < -0.3 is 0 Å². The van der Waals surface area contributed by atoms with Crippen molar-refractivity contribution in [3.05, 3.63) is 35.4 Å². The summed E-state index contributed by atoms with van der Waals surface area (Å²) >= 11 is 0. The molecule has 0 saturated heterocycles. The highest BCUT2D eigenvalue weighted by atomic mass is 32.2. The van der Waals surface area contributed by atoms with Gasteiger partial charge in [-0.2, -0.15) is 0 Å². The Hall–Kier alpha value is -0.830. The van der Waals surface area contributed by atoms with Crippen molar-refractivity contribution in [1.29, 1.82) is 0 Å². The molecule has 0 bridgehead atoms. The van der Waals surface area contributed by atoms with Crippen molar-refractivity contribution in [2.75, 3.05) is 0 Å². The van der Waals surface area contributed by atoms with Crippen LogP contribution in [-0.2, 0) is 20.0 Å². The van der Waals surface area contributed by atoms with Gasteiger partial charge in [-0.3, -0.25) is 0 Å². The summed E-state index contributed by atoms with van der Waals surface area (Å²) in [7, 11) is -3.31. The summed E-state index contributed by atoms with van der Waals surface area (Å²) in [5.74, 6) is 0. The molecule has 23 heavy (non-hydrogen) atoms. The Labute approximate surface area is 143 Å². The number of sulfone groups is 1. The Balaban J connectivity index is 3.35. The highest BCUT2D eigenvalue weighted by Crippen LogP contribution is 2.42. The van der Waals surface area contributed by atoms with Crippen molar-refractivity contribution < 1.29 is 8.42 Å². The van der Waals surface area contributed by atoms with E-state index < -0.39 is 19.3 Å². The van der Waals surface area contributed by atoms with Gasteiger partial charge in [0.05, 0.1) is 9.49 Å². The minimum atomic E-state index is -3.31. The number of hydrogen-bond donors (Lipinski definition) is 0. The normalized spacial score (nSPS) is 14.9. The summed E-state index contributed by atoms with van der Waals surface area (Å²) in [6.45, 7) is 20.1. The topological polar surface area (TPSA) is 34.1 Å². The average molecular weight is 339 g/mol. The van der Waals surface area contributed by atoms with Crippen molar-refractivity contribution in [2.45, 2.75) is 84.1 Å². The van der Waals surface area contributed by atoms with E-state index in [-0.39, 0.29) is 10.8 Å². The molecule has 132 valence electrons. The molecule has 3 heteroatoms. The molecule has 0 atom stereocenters. The lowest BCUT2D eigenvalue weighted by molar-refractivity contribution is 0.225. The molecule has 1 rings (SSSR count). The Kier molecular flexibility index (Phi) is 4.93. The molecule has 0 heterocycles. The smallest absolute Gasteiger partial charge is 0.164 e. The SMILES string of the molecule is CC(C)(C)C(C)(C)c1ccc(C(C)(C)S(=O)(=O)C(C)(C)C)cc1. The summed E-state index contributed by atoms with van der Waals surface area (Å²) in [6.07, 6.45) is 0. The maximum absolute atomic E-state index is 12.9. The van der Waals surface area contributed by atoms with Gasteiger partial charge >= 0.3 is 0 Å². The second-order valence-electron chi connectivity index (χ2n) is 9.58. The van der Waals surface area contributed by atoms with Gasteiger partial charge in [0, 0.05) is 0 Å². The molecule has 1 aromatic carbocycles. The molecule has 0 unspecified atom stereocenters. The Morgan fingerprint density at radius 1 is 0.652 bits per heavy atom. The molecule has 0 aliphatic carbocycles. The van der Waals surface area contributed by atoms with E-state index in [2.05, 4.69) is 46.8 Å². The highest BCUT2D eigenvalue weighted by molar-refractivity contribution is 7.93. The summed E-state index contributed by atoms with van der Waals surface area (Å²) in [4.78, 5) is 0. The fourth-order valence-electron chi connectivity index (χ4n) is 2.64. The van der Waals surface area contributed by atoms with Crippen LogP contribution in [0.5, 0.6) is 0 Å². The van der Waals surface area contributed by atoms with Crippen LogP contribution >= 0.6 is 0 Å². The zero-order valence-electron chi connectivity index (χ0n) is 16.5. The molecule has 2 nitrogen and oxygen atoms in total. The molecular formula is C20H34O2S. The quantitative estimate of drug-likeness (QED) is 0.733. The number of rotatable bonds is 3. The van der Waals surface area contributed by atoms with Crippen LogP contribution in [0, 0.1) is 5.41 Å². The van der Waals surface area contributed by atoms with Gasteiger partial charge in [0.1, 0.15) is 0 Å². The van der Waals surface area contributed by atoms with E-state index in [1.165, 1.54) is 5.56 Å². The van der Waals surface area contributed by atoms with Crippen LogP contribution in [0.1, 0.15) is 80.4 Å². The van der Waals surface area contributed by atoms with E-state index in [4.69, 9.17) is 0 Å². The minimum absolute atomic E-state index is 0.0125. The summed E-state index contributed by atoms with van der Waals surface area (Å²) in [5, 5.41) is 0. The zero-order valence-corrected chi connectivity index (χ0v) is 17.4. The molecule has 0 fully saturated rings. The molecule has 0 spiro atoms. The molecule has 0 N–H and O–H groups in total. The van der Waals surface area contributed by atoms with Crippen molar-refractivity contribution in [1.82, 2.24) is 0 Å². The molecule has 0 saturated carbocycles. The maximum Gasteiger partial charge on any atom is 0.164 e. The van der Waals surface area contributed by atoms with E-state index in [9.17, 15) is 8.42 Å². The molecule has 0 amide bonds. The first-order valence-corrected chi connectivity index (χ1v) is 9.80. The lowest BCUT2D eigenvalue weighted by Gasteiger charge is -2.40. The predicted octanol–water partition coefficient (Wildman–Crippen LogP) is 5.46. The summed E-state index contributed by atoms with van der Waals surface area (Å²) in [6, 6.07) is 8.12. The van der Waals surface area contributed by atoms with Crippen LogP contribution in [-0.4, -0.2) is 13.2 Å². The van der Waals surface area contributed by atoms with Crippen LogP contribution in [0.15, 0.2) is 24.3 Å². The molecule has 0 radical (unpaired) electrons. The van der Waals surface area contributed by atoms with Gasteiger partial charge in [0.15, 0.2) is 9.84 Å². The standard InChI is InChI=1S/C20H34O2S/c1-17(2,3)19(7,8)15-11-13-16(14-12-15)20(9,10)23(21,22)18(4,5)6/h11-14H,1-10H3. The van der Waals surface area contributed by atoms with Crippen LogP contribution in [0.4, 0.5) is 0 Å². The fraction of sp³-hybridized carbons (Fsp3) is 0.700. The van der Waals surface area contributed by atoms with Crippen LogP contribution in [0.3, 0.4) is 0 Å². The van der Waals surface area contributed by atoms with E-state index in [1.54, 1.807) is 34.6 Å². The van der Waals surface area contributed by atoms with Crippen molar-refractivity contribution in [2.24, 2.45) is 5.41 Å². The second-order valence-corrected chi connectivity index (χ2v) is 12.8. The van der Waals surface area contributed by atoms with Gasteiger partial charge in [0.2, 0.25) is 0 Å². The Morgan fingerprint density at radius 3 is 1.30 bits per heavy atom. The largest absolute Gasteiger partial charge is 0.227 e. The minimum Gasteiger partial charge on any atom is -0.227 e. The van der Waals surface area contributed by atoms with E-state index in [0.717, 1.165) is 5.56 Å². The summed E-state index contributed by atoms with van der Waals surface area (Å²) in [5.41, 5.74) is 2.22. The number of hydrogen-bond acceptors (Lipinski definition) is 2. The monoisotopic (exact) mass is 338 g/mol. The van der Waals surface area contributed by atoms with Gasteiger partial charge in [0.25, 0.3) is 0 Å². The lowest BCUT2D eigenvalue weighted by atomic mass is 9.65. The first-order chi connectivity index (χ1) is 9.96. The third-order valence-corrected chi connectivity index (χ3v) is 8.85. The first-order valence-electron chi connectivity index (χ1n) is 8.31. The van der Waals surface area contributed by atoms with Crippen LogP contribution in [0.2, 0.25) is 0 Å². The highest BCUT2D eigenvalue weighted by Gasteiger charge is 2.44.